The van der Waals surface area contributed by atoms with E-state index in [-0.39, 0.29) is 11.7 Å². The molecule has 3 nitrogen and oxygen atoms in total. The van der Waals surface area contributed by atoms with Crippen LogP contribution in [-0.4, -0.2) is 16.2 Å². The third-order valence-electron chi connectivity index (χ3n) is 5.92. The van der Waals surface area contributed by atoms with Crippen molar-refractivity contribution in [1.82, 2.24) is 9.88 Å². The first-order chi connectivity index (χ1) is 14.5. The summed E-state index contributed by atoms with van der Waals surface area (Å²) in [4.78, 5) is 14.3. The van der Waals surface area contributed by atoms with Gasteiger partial charge in [0.1, 0.15) is 5.82 Å². The zero-order valence-electron chi connectivity index (χ0n) is 16.2. The van der Waals surface area contributed by atoms with E-state index in [9.17, 15) is 9.18 Å². The number of thioether (sulfide) groups is 1. The molecule has 2 aromatic heterocycles. The number of aryl methyl sites for hydroxylation is 2. The SMILES string of the molecule is C=C1NC(=O)C(c2csc3ccc(F)cc23)=C1c1cn(C)c2cc3c(cc12)SCC3. The van der Waals surface area contributed by atoms with Gasteiger partial charge in [-0.2, -0.15) is 0 Å². The number of benzene rings is 2. The summed E-state index contributed by atoms with van der Waals surface area (Å²) in [5.41, 5.74) is 6.23. The Labute approximate surface area is 180 Å². The van der Waals surface area contributed by atoms with Crippen LogP contribution < -0.4 is 5.32 Å². The summed E-state index contributed by atoms with van der Waals surface area (Å²) in [5, 5.41) is 6.71. The lowest BCUT2D eigenvalue weighted by atomic mass is 9.94. The quantitative estimate of drug-likeness (QED) is 0.439. The third-order valence-corrected chi connectivity index (χ3v) is 7.98. The van der Waals surface area contributed by atoms with Crippen LogP contribution in [-0.2, 0) is 18.3 Å². The van der Waals surface area contributed by atoms with Crippen LogP contribution in [0, 0.1) is 5.82 Å². The van der Waals surface area contributed by atoms with Gasteiger partial charge in [-0.05, 0) is 42.3 Å². The van der Waals surface area contributed by atoms with Crippen molar-refractivity contribution < 1.29 is 9.18 Å². The second-order valence-corrected chi connectivity index (χ2v) is 9.75. The van der Waals surface area contributed by atoms with Crippen molar-refractivity contribution in [2.75, 3.05) is 5.75 Å². The number of carbonyl (C=O) groups excluding carboxylic acids is 1. The van der Waals surface area contributed by atoms with Crippen LogP contribution in [0.25, 0.3) is 32.1 Å². The van der Waals surface area contributed by atoms with Crippen LogP contribution in [0.4, 0.5) is 4.39 Å². The molecular weight excluding hydrogens is 415 g/mol. The van der Waals surface area contributed by atoms with Crippen molar-refractivity contribution in [3.05, 3.63) is 76.7 Å². The molecule has 6 heteroatoms. The molecular formula is C24H17FN2OS2. The fourth-order valence-corrected chi connectivity index (χ4v) is 6.55. The Hall–Kier alpha value is -2.83. The van der Waals surface area contributed by atoms with Crippen molar-refractivity contribution in [2.24, 2.45) is 7.05 Å². The van der Waals surface area contributed by atoms with E-state index in [1.165, 1.54) is 33.9 Å². The van der Waals surface area contributed by atoms with E-state index < -0.39 is 0 Å². The Kier molecular flexibility index (Phi) is 3.80. The predicted molar refractivity (Wildman–Crippen MR) is 123 cm³/mol. The molecule has 0 radical (unpaired) electrons. The lowest BCUT2D eigenvalue weighted by molar-refractivity contribution is -0.114. The highest BCUT2D eigenvalue weighted by atomic mass is 32.2. The number of nitrogens with one attached hydrogen (secondary N) is 1. The Bertz CT molecular complexity index is 1460. The molecule has 4 heterocycles. The topological polar surface area (TPSA) is 34.0 Å². The van der Waals surface area contributed by atoms with Crippen LogP contribution in [0.1, 0.15) is 16.7 Å². The highest BCUT2D eigenvalue weighted by molar-refractivity contribution is 7.99. The first-order valence-corrected chi connectivity index (χ1v) is 11.5. The highest BCUT2D eigenvalue weighted by Gasteiger charge is 2.32. The van der Waals surface area contributed by atoms with Gasteiger partial charge in [0.25, 0.3) is 5.91 Å². The van der Waals surface area contributed by atoms with Gasteiger partial charge in [0.15, 0.2) is 0 Å². The van der Waals surface area contributed by atoms with E-state index in [1.54, 1.807) is 6.07 Å². The maximum absolute atomic E-state index is 14.0. The molecule has 6 rings (SSSR count). The van der Waals surface area contributed by atoms with E-state index in [2.05, 4.69) is 34.8 Å². The zero-order valence-corrected chi connectivity index (χ0v) is 17.8. The normalized spacial score (nSPS) is 16.2. The Morgan fingerprint density at radius 1 is 1.13 bits per heavy atom. The molecule has 2 aliphatic heterocycles. The molecule has 0 atom stereocenters. The number of halogens is 1. The number of aromatic nitrogens is 1. The van der Waals surface area contributed by atoms with E-state index >= 15 is 0 Å². The average Bonchev–Trinajstić information content (AvgIpc) is 3.46. The fourth-order valence-electron chi connectivity index (χ4n) is 4.53. The third kappa shape index (κ3) is 2.47. The lowest BCUT2D eigenvalue weighted by Gasteiger charge is -2.06. The van der Waals surface area contributed by atoms with Gasteiger partial charge in [0, 0.05) is 72.7 Å². The largest absolute Gasteiger partial charge is 0.350 e. The maximum Gasteiger partial charge on any atom is 0.257 e. The molecule has 30 heavy (non-hydrogen) atoms. The number of amides is 1. The number of fused-ring (bicyclic) bond motifs is 3. The monoisotopic (exact) mass is 432 g/mol. The Morgan fingerprint density at radius 2 is 2.00 bits per heavy atom. The molecule has 148 valence electrons. The van der Waals surface area contributed by atoms with E-state index in [4.69, 9.17) is 0 Å². The smallest absolute Gasteiger partial charge is 0.257 e. The average molecular weight is 433 g/mol. The minimum absolute atomic E-state index is 0.188. The molecule has 0 saturated heterocycles. The number of carbonyl (C=O) groups is 1. The van der Waals surface area contributed by atoms with E-state index in [1.807, 2.05) is 24.2 Å². The van der Waals surface area contributed by atoms with Crippen molar-refractivity contribution in [3.8, 4) is 0 Å². The summed E-state index contributed by atoms with van der Waals surface area (Å²) < 4.78 is 17.0. The lowest BCUT2D eigenvalue weighted by Crippen LogP contribution is -2.15. The second kappa shape index (κ2) is 6.33. The molecule has 1 N–H and O–H groups in total. The first kappa shape index (κ1) is 18.0. The Morgan fingerprint density at radius 3 is 2.87 bits per heavy atom. The van der Waals surface area contributed by atoms with Crippen LogP contribution in [0.2, 0.25) is 0 Å². The second-order valence-electron chi connectivity index (χ2n) is 7.70. The number of rotatable bonds is 2. The molecule has 0 aliphatic carbocycles. The summed E-state index contributed by atoms with van der Waals surface area (Å²) in [6, 6.07) is 9.22. The summed E-state index contributed by atoms with van der Waals surface area (Å²) >= 11 is 3.39. The van der Waals surface area contributed by atoms with Crippen molar-refractivity contribution in [1.29, 1.82) is 0 Å². The first-order valence-electron chi connectivity index (χ1n) is 9.68. The molecule has 0 unspecified atom stereocenters. The van der Waals surface area contributed by atoms with Crippen LogP contribution in [0.3, 0.4) is 0 Å². The predicted octanol–water partition coefficient (Wildman–Crippen LogP) is 5.73. The van der Waals surface area contributed by atoms with Gasteiger partial charge in [0.2, 0.25) is 0 Å². The molecule has 0 saturated carbocycles. The van der Waals surface area contributed by atoms with Crippen LogP contribution in [0.5, 0.6) is 0 Å². The fraction of sp³-hybridized carbons (Fsp3) is 0.125. The van der Waals surface area contributed by atoms with Crippen molar-refractivity contribution in [3.63, 3.8) is 0 Å². The summed E-state index contributed by atoms with van der Waals surface area (Å²) in [7, 11) is 2.03. The van der Waals surface area contributed by atoms with Gasteiger partial charge < -0.3 is 9.88 Å². The molecule has 0 spiro atoms. The van der Waals surface area contributed by atoms with Crippen molar-refractivity contribution >= 4 is 61.1 Å². The van der Waals surface area contributed by atoms with Gasteiger partial charge in [-0.25, -0.2) is 4.39 Å². The zero-order chi connectivity index (χ0) is 20.6. The Balaban J connectivity index is 1.67. The number of nitrogens with zero attached hydrogens (tertiary/aromatic N) is 1. The minimum Gasteiger partial charge on any atom is -0.350 e. The maximum atomic E-state index is 14.0. The van der Waals surface area contributed by atoms with E-state index in [0.717, 1.165) is 49.9 Å². The molecule has 0 bridgehead atoms. The molecule has 2 aromatic carbocycles. The number of thiophene rings is 1. The number of hydrogen-bond donors (Lipinski definition) is 1. The van der Waals surface area contributed by atoms with Gasteiger partial charge in [-0.1, -0.05) is 6.58 Å². The highest BCUT2D eigenvalue weighted by Crippen LogP contribution is 2.44. The van der Waals surface area contributed by atoms with Crippen LogP contribution >= 0.6 is 23.1 Å². The molecule has 1 amide bonds. The number of allylic oxidation sites excluding steroid dienone is 1. The molecule has 0 fully saturated rings. The standard InChI is InChI=1S/C24H17FN2OS2/c1-12-22(17-10-27(2)19-7-13-5-6-29-21(13)9-15(17)19)23(24(28)26-12)18-11-30-20-4-3-14(25)8-16(18)20/h3-4,7-11H,1,5-6H2,2H3,(H,26,28). The number of hydrogen-bond acceptors (Lipinski definition) is 3. The minimum atomic E-state index is -0.306. The van der Waals surface area contributed by atoms with Gasteiger partial charge in [0.05, 0.1) is 5.57 Å². The van der Waals surface area contributed by atoms with Gasteiger partial charge >= 0.3 is 0 Å². The molecule has 2 aliphatic rings. The molecule has 4 aromatic rings. The van der Waals surface area contributed by atoms with Gasteiger partial charge in [-0.3, -0.25) is 4.79 Å². The van der Waals surface area contributed by atoms with Gasteiger partial charge in [-0.15, -0.1) is 23.1 Å². The van der Waals surface area contributed by atoms with Crippen LogP contribution in [0.15, 0.2) is 59.1 Å². The summed E-state index contributed by atoms with van der Waals surface area (Å²) in [6.07, 6.45) is 3.16. The summed E-state index contributed by atoms with van der Waals surface area (Å²) in [6.45, 7) is 4.13. The summed E-state index contributed by atoms with van der Waals surface area (Å²) in [5.74, 6) is 0.611. The van der Waals surface area contributed by atoms with E-state index in [0.29, 0.717) is 11.3 Å². The van der Waals surface area contributed by atoms with Crippen molar-refractivity contribution in [2.45, 2.75) is 11.3 Å².